The summed E-state index contributed by atoms with van der Waals surface area (Å²) in [7, 11) is 6.82. The molecule has 0 aromatic heterocycles. The predicted octanol–water partition coefficient (Wildman–Crippen LogP) is 2.22. The fraction of sp³-hybridized carbons (Fsp3) is 0.692. The van der Waals surface area contributed by atoms with E-state index in [1.807, 2.05) is 20.8 Å². The smallest absolute Gasteiger partial charge is 0.333 e. The Hall–Kier alpha value is -2.72. The van der Waals surface area contributed by atoms with Gasteiger partial charge in [-0.15, -0.1) is 0 Å². The Morgan fingerprint density at radius 2 is 1.50 bits per heavy atom. The van der Waals surface area contributed by atoms with Crippen molar-refractivity contribution >= 4 is 23.8 Å². The van der Waals surface area contributed by atoms with E-state index in [2.05, 4.69) is 13.2 Å². The summed E-state index contributed by atoms with van der Waals surface area (Å²) in [4.78, 5) is 48.1. The average Bonchev–Trinajstić information content (AvgIpc) is 3.75. The van der Waals surface area contributed by atoms with Crippen molar-refractivity contribution in [1.82, 2.24) is 9.80 Å². The van der Waals surface area contributed by atoms with Crippen molar-refractivity contribution < 1.29 is 38.1 Å². The van der Waals surface area contributed by atoms with Crippen LogP contribution < -0.4 is 0 Å². The number of hydrogen-bond acceptors (Lipinski definition) is 8. The molecule has 4 atom stereocenters. The minimum absolute atomic E-state index is 0.0398. The lowest BCUT2D eigenvalue weighted by atomic mass is 9.79. The molecule has 10 nitrogen and oxygen atoms in total. The molecule has 0 aliphatic carbocycles. The number of rotatable bonds is 11. The molecule has 2 heterocycles. The molecule has 0 radical (unpaired) electrons. The van der Waals surface area contributed by atoms with Gasteiger partial charge in [-0.3, -0.25) is 14.4 Å². The van der Waals surface area contributed by atoms with Crippen molar-refractivity contribution in [2.24, 2.45) is 11.3 Å². The first kappa shape index (κ1) is 33.3. The van der Waals surface area contributed by atoms with Crippen LogP contribution in [0.2, 0.25) is 0 Å². The van der Waals surface area contributed by atoms with Gasteiger partial charge in [0.15, 0.2) is 0 Å². The highest BCUT2D eigenvalue weighted by atomic mass is 16.6. The van der Waals surface area contributed by atoms with Gasteiger partial charge in [0, 0.05) is 39.7 Å². The molecule has 0 spiro atoms. The number of esters is 2. The first-order valence-electron chi connectivity index (χ1n) is 12.0. The minimum Gasteiger partial charge on any atom is -0.462 e. The van der Waals surface area contributed by atoms with E-state index < -0.39 is 5.41 Å². The van der Waals surface area contributed by atoms with Crippen molar-refractivity contribution in [2.75, 3.05) is 54.6 Å². The van der Waals surface area contributed by atoms with Crippen LogP contribution in [-0.2, 0) is 38.1 Å². The largest absolute Gasteiger partial charge is 0.462 e. The van der Waals surface area contributed by atoms with Gasteiger partial charge in [0.05, 0.1) is 18.6 Å². The number of likely N-dealkylation sites (N-methyl/N-ethyl adjacent to an activating group) is 1. The van der Waals surface area contributed by atoms with Crippen LogP contribution in [0, 0.1) is 11.3 Å². The van der Waals surface area contributed by atoms with E-state index in [1.54, 1.807) is 40.0 Å². The highest BCUT2D eigenvalue weighted by Crippen LogP contribution is 2.32. The summed E-state index contributed by atoms with van der Waals surface area (Å²) in [5, 5.41) is 0. The van der Waals surface area contributed by atoms with Crippen LogP contribution >= 0.6 is 0 Å². The molecule has 2 saturated heterocycles. The lowest BCUT2D eigenvalue weighted by molar-refractivity contribution is -0.157. The Morgan fingerprint density at radius 3 is 1.81 bits per heavy atom. The number of ether oxygens (including phenoxy) is 4. The van der Waals surface area contributed by atoms with E-state index in [1.165, 1.54) is 11.0 Å². The number of carbonyl (C=O) groups excluding carboxylic acids is 4. The Bertz CT molecular complexity index is 772. The van der Waals surface area contributed by atoms with Crippen molar-refractivity contribution in [1.29, 1.82) is 0 Å². The van der Waals surface area contributed by atoms with Gasteiger partial charge in [-0.2, -0.15) is 0 Å². The van der Waals surface area contributed by atoms with Gasteiger partial charge in [-0.25, -0.2) is 4.79 Å². The molecule has 0 aromatic rings. The zero-order chi connectivity index (χ0) is 28.1. The SMILES string of the molecule is C=C(C)C(=O)OCC1CO1.C=CC(=O)N(C)C.CCC(C)(CC(C)C(=O)N(C)C)C(=O)OCC1CO1. The minimum atomic E-state index is -0.611. The molecule has 0 saturated carbocycles. The first-order chi connectivity index (χ1) is 16.7. The fourth-order valence-electron chi connectivity index (χ4n) is 2.72. The molecule has 2 rings (SSSR count). The molecule has 2 aliphatic rings. The summed E-state index contributed by atoms with van der Waals surface area (Å²) >= 11 is 0. The maximum Gasteiger partial charge on any atom is 0.333 e. The lowest BCUT2D eigenvalue weighted by Crippen LogP contribution is -2.36. The van der Waals surface area contributed by atoms with Crippen molar-refractivity contribution in [2.45, 2.75) is 52.7 Å². The van der Waals surface area contributed by atoms with Gasteiger partial charge >= 0.3 is 11.9 Å². The number of carbonyl (C=O) groups is 4. The Labute approximate surface area is 215 Å². The van der Waals surface area contributed by atoms with Crippen LogP contribution in [0.1, 0.15) is 40.5 Å². The van der Waals surface area contributed by atoms with Crippen LogP contribution in [-0.4, -0.2) is 100 Å². The third-order valence-electron chi connectivity index (χ3n) is 5.46. The second kappa shape index (κ2) is 16.1. The molecule has 4 unspecified atom stereocenters. The standard InChI is InChI=1S/C14H25NO4.C7H10O3.C5H9NO/c1-6-14(3,7-10(2)12(16)15(4)5)13(17)19-9-11-8-18-11;1-5(2)7(8)10-4-6-3-9-6;1-4-5(7)6(2)3/h10-11H,6-9H2,1-5H3;6H,1,3-4H2,2H3;4H,1H2,2-3H3. The Kier molecular flexibility index (Phi) is 14.9. The summed E-state index contributed by atoms with van der Waals surface area (Å²) in [6, 6.07) is 0. The molecule has 2 amide bonds. The highest BCUT2D eigenvalue weighted by Gasteiger charge is 2.37. The third-order valence-corrected chi connectivity index (χ3v) is 5.46. The zero-order valence-corrected chi connectivity index (χ0v) is 23.1. The van der Waals surface area contributed by atoms with Gasteiger partial charge in [0.1, 0.15) is 25.4 Å². The van der Waals surface area contributed by atoms with E-state index in [4.69, 9.17) is 18.9 Å². The summed E-state index contributed by atoms with van der Waals surface area (Å²) in [6.07, 6.45) is 2.65. The monoisotopic (exact) mass is 512 g/mol. The summed E-state index contributed by atoms with van der Waals surface area (Å²) in [5.41, 5.74) is -0.180. The number of epoxide rings is 2. The molecular weight excluding hydrogens is 468 g/mol. The second-order valence-corrected chi connectivity index (χ2v) is 9.58. The van der Waals surface area contributed by atoms with Crippen molar-refractivity contribution in [3.8, 4) is 0 Å². The number of hydrogen-bond donors (Lipinski definition) is 0. The third kappa shape index (κ3) is 14.0. The Balaban J connectivity index is 0.000000598. The van der Waals surface area contributed by atoms with Gasteiger partial charge in [0.2, 0.25) is 11.8 Å². The molecule has 206 valence electrons. The van der Waals surface area contributed by atoms with Gasteiger partial charge in [-0.05, 0) is 32.8 Å². The van der Waals surface area contributed by atoms with Crippen molar-refractivity contribution in [3.63, 3.8) is 0 Å². The van der Waals surface area contributed by atoms with E-state index >= 15 is 0 Å². The topological polar surface area (TPSA) is 118 Å². The summed E-state index contributed by atoms with van der Waals surface area (Å²) < 4.78 is 19.9. The van der Waals surface area contributed by atoms with E-state index in [0.29, 0.717) is 44.8 Å². The molecule has 36 heavy (non-hydrogen) atoms. The van der Waals surface area contributed by atoms with E-state index in [9.17, 15) is 19.2 Å². The van der Waals surface area contributed by atoms with E-state index in [-0.39, 0.29) is 41.9 Å². The van der Waals surface area contributed by atoms with Crippen molar-refractivity contribution in [3.05, 3.63) is 24.8 Å². The van der Waals surface area contributed by atoms with Gasteiger partial charge in [-0.1, -0.05) is 27.0 Å². The number of nitrogens with zero attached hydrogens (tertiary/aromatic N) is 2. The van der Waals surface area contributed by atoms with Crippen LogP contribution in [0.25, 0.3) is 0 Å². The molecule has 0 N–H and O–H groups in total. The quantitative estimate of drug-likeness (QED) is 0.235. The number of amides is 2. The second-order valence-electron chi connectivity index (χ2n) is 9.58. The molecule has 10 heteroatoms. The molecule has 2 aliphatic heterocycles. The Morgan fingerprint density at radius 1 is 1.03 bits per heavy atom. The molecular formula is C26H44N2O8. The lowest BCUT2D eigenvalue weighted by Gasteiger charge is -2.29. The molecule has 0 bridgehead atoms. The normalized spacial score (nSPS) is 19.3. The van der Waals surface area contributed by atoms with Crippen LogP contribution in [0.3, 0.4) is 0 Å². The molecule has 0 aromatic carbocycles. The average molecular weight is 513 g/mol. The maximum absolute atomic E-state index is 12.2. The predicted molar refractivity (Wildman–Crippen MR) is 136 cm³/mol. The zero-order valence-electron chi connectivity index (χ0n) is 23.1. The van der Waals surface area contributed by atoms with Crippen LogP contribution in [0.4, 0.5) is 0 Å². The summed E-state index contributed by atoms with van der Waals surface area (Å²) in [5.74, 6) is -0.776. The maximum atomic E-state index is 12.2. The van der Waals surface area contributed by atoms with Crippen LogP contribution in [0.15, 0.2) is 24.8 Å². The highest BCUT2D eigenvalue weighted by molar-refractivity contribution is 5.87. The van der Waals surface area contributed by atoms with Gasteiger partial charge < -0.3 is 28.7 Å². The fourth-order valence-corrected chi connectivity index (χ4v) is 2.72. The summed E-state index contributed by atoms with van der Waals surface area (Å²) in [6.45, 7) is 16.1. The van der Waals surface area contributed by atoms with Crippen LogP contribution in [0.5, 0.6) is 0 Å². The molecule has 2 fully saturated rings. The van der Waals surface area contributed by atoms with E-state index in [0.717, 1.165) is 0 Å². The van der Waals surface area contributed by atoms with Gasteiger partial charge in [0.25, 0.3) is 0 Å². The first-order valence-corrected chi connectivity index (χ1v) is 12.0.